The smallest absolute Gasteiger partial charge is 0.305 e. The molecule has 6 heteroatoms. The molecule has 102 valence electrons. The Hall–Kier alpha value is -2.08. The number of carbonyl (C=O) groups is 2. The number of nitrogens with two attached hydrogens (primary N) is 1. The van der Waals surface area contributed by atoms with E-state index in [0.717, 1.165) is 0 Å². The summed E-state index contributed by atoms with van der Waals surface area (Å²) in [4.78, 5) is 24.8. The van der Waals surface area contributed by atoms with Crippen LogP contribution in [0.4, 0.5) is 5.69 Å². The largest absolute Gasteiger partial charge is 0.481 e. The number of amides is 1. The molecular weight excluding hydrogens is 248 g/mol. The summed E-state index contributed by atoms with van der Waals surface area (Å²) in [5.74, 6) is -1.19. The summed E-state index contributed by atoms with van der Waals surface area (Å²) in [6.45, 7) is 1.03. The van der Waals surface area contributed by atoms with Gasteiger partial charge in [0.05, 0.1) is 31.2 Å². The number of ether oxygens (including phenoxy) is 1. The maximum absolute atomic E-state index is 12.4. The van der Waals surface area contributed by atoms with E-state index in [-0.39, 0.29) is 18.9 Å². The monoisotopic (exact) mass is 264 g/mol. The van der Waals surface area contributed by atoms with Gasteiger partial charge in [-0.3, -0.25) is 9.59 Å². The average Bonchev–Trinajstić information content (AvgIpc) is 2.38. The van der Waals surface area contributed by atoms with E-state index in [1.807, 2.05) is 0 Å². The van der Waals surface area contributed by atoms with Crippen LogP contribution >= 0.6 is 0 Å². The molecule has 2 rings (SSSR count). The van der Waals surface area contributed by atoms with Crippen molar-refractivity contribution in [1.82, 2.24) is 4.90 Å². The molecule has 3 N–H and O–H groups in total. The summed E-state index contributed by atoms with van der Waals surface area (Å²) in [5.41, 5.74) is 6.58. The van der Waals surface area contributed by atoms with Crippen molar-refractivity contribution in [2.45, 2.75) is 12.5 Å². The van der Waals surface area contributed by atoms with Gasteiger partial charge >= 0.3 is 5.97 Å². The standard InChI is InChI=1S/C13H16N2O4/c14-11-4-2-1-3-10(11)13(18)15-5-6-19-8-9(15)7-12(16)17/h1-4,9H,5-8,14H2,(H,16,17). The lowest BCUT2D eigenvalue weighted by Crippen LogP contribution is -2.49. The molecule has 1 saturated heterocycles. The number of hydrogen-bond donors (Lipinski definition) is 2. The minimum absolute atomic E-state index is 0.127. The van der Waals surface area contributed by atoms with E-state index in [1.165, 1.54) is 4.90 Å². The zero-order valence-corrected chi connectivity index (χ0v) is 10.4. The second kappa shape index (κ2) is 5.71. The maximum atomic E-state index is 12.4. The van der Waals surface area contributed by atoms with Gasteiger partial charge in [0.25, 0.3) is 5.91 Å². The van der Waals surface area contributed by atoms with Crippen molar-refractivity contribution in [2.24, 2.45) is 0 Å². The van der Waals surface area contributed by atoms with Crippen LogP contribution in [0.2, 0.25) is 0 Å². The fraction of sp³-hybridized carbons (Fsp3) is 0.385. The fourth-order valence-electron chi connectivity index (χ4n) is 2.14. The highest BCUT2D eigenvalue weighted by atomic mass is 16.5. The quantitative estimate of drug-likeness (QED) is 0.779. The van der Waals surface area contributed by atoms with Crippen LogP contribution < -0.4 is 5.73 Å². The number of nitrogens with zero attached hydrogens (tertiary/aromatic N) is 1. The molecule has 1 aromatic rings. The van der Waals surface area contributed by atoms with Crippen LogP contribution in [0.5, 0.6) is 0 Å². The molecule has 1 aliphatic rings. The van der Waals surface area contributed by atoms with Crippen molar-refractivity contribution in [3.63, 3.8) is 0 Å². The van der Waals surface area contributed by atoms with Crippen LogP contribution in [0.3, 0.4) is 0 Å². The Morgan fingerprint density at radius 3 is 2.84 bits per heavy atom. The lowest BCUT2D eigenvalue weighted by Gasteiger charge is -2.35. The van der Waals surface area contributed by atoms with Crippen LogP contribution in [0, 0.1) is 0 Å². The van der Waals surface area contributed by atoms with Crippen molar-refractivity contribution in [3.05, 3.63) is 29.8 Å². The van der Waals surface area contributed by atoms with E-state index < -0.39 is 12.0 Å². The number of morpholine rings is 1. The van der Waals surface area contributed by atoms with E-state index in [1.54, 1.807) is 24.3 Å². The average molecular weight is 264 g/mol. The first-order chi connectivity index (χ1) is 9.09. The van der Waals surface area contributed by atoms with Crippen LogP contribution in [0.15, 0.2) is 24.3 Å². The Morgan fingerprint density at radius 1 is 1.42 bits per heavy atom. The van der Waals surface area contributed by atoms with E-state index in [0.29, 0.717) is 24.4 Å². The number of anilines is 1. The second-order valence-electron chi connectivity index (χ2n) is 4.41. The predicted molar refractivity (Wildman–Crippen MR) is 68.8 cm³/mol. The van der Waals surface area contributed by atoms with Crippen LogP contribution in [-0.2, 0) is 9.53 Å². The van der Waals surface area contributed by atoms with Gasteiger partial charge in [-0.1, -0.05) is 12.1 Å². The Labute approximate surface area is 110 Å². The van der Waals surface area contributed by atoms with Crippen LogP contribution in [-0.4, -0.2) is 47.7 Å². The number of benzene rings is 1. The van der Waals surface area contributed by atoms with E-state index >= 15 is 0 Å². The molecule has 1 aromatic carbocycles. The molecule has 0 aliphatic carbocycles. The van der Waals surface area contributed by atoms with Gasteiger partial charge in [-0.05, 0) is 12.1 Å². The first kappa shape index (κ1) is 13.4. The normalized spacial score (nSPS) is 19.2. The van der Waals surface area contributed by atoms with Gasteiger partial charge in [0.2, 0.25) is 0 Å². The van der Waals surface area contributed by atoms with Gasteiger partial charge in [-0.25, -0.2) is 0 Å². The summed E-state index contributed by atoms with van der Waals surface area (Å²) in [5, 5.41) is 8.87. The minimum Gasteiger partial charge on any atom is -0.481 e. The number of rotatable bonds is 3. The van der Waals surface area contributed by atoms with E-state index in [4.69, 9.17) is 15.6 Å². The van der Waals surface area contributed by atoms with Crippen LogP contribution in [0.1, 0.15) is 16.8 Å². The lowest BCUT2D eigenvalue weighted by atomic mass is 10.1. The SMILES string of the molecule is Nc1ccccc1C(=O)N1CCOCC1CC(=O)O. The minimum atomic E-state index is -0.950. The highest BCUT2D eigenvalue weighted by molar-refractivity contribution is 5.99. The molecular formula is C13H16N2O4. The topological polar surface area (TPSA) is 92.9 Å². The summed E-state index contributed by atoms with van der Waals surface area (Å²) in [7, 11) is 0. The third-order valence-electron chi connectivity index (χ3n) is 3.09. The van der Waals surface area contributed by atoms with Crippen molar-refractivity contribution in [2.75, 3.05) is 25.5 Å². The first-order valence-electron chi connectivity index (χ1n) is 6.04. The second-order valence-corrected chi connectivity index (χ2v) is 4.41. The summed E-state index contributed by atoms with van der Waals surface area (Å²) < 4.78 is 5.24. The number of carboxylic acids is 1. The van der Waals surface area contributed by atoms with Crippen molar-refractivity contribution < 1.29 is 19.4 Å². The molecule has 6 nitrogen and oxygen atoms in total. The lowest BCUT2D eigenvalue weighted by molar-refractivity contribution is -0.139. The maximum Gasteiger partial charge on any atom is 0.305 e. The molecule has 0 aromatic heterocycles. The highest BCUT2D eigenvalue weighted by Gasteiger charge is 2.30. The molecule has 1 amide bonds. The molecule has 1 heterocycles. The van der Waals surface area contributed by atoms with Crippen molar-refractivity contribution in [3.8, 4) is 0 Å². The Kier molecular flexibility index (Phi) is 4.01. The number of hydrogen-bond acceptors (Lipinski definition) is 4. The molecule has 0 saturated carbocycles. The zero-order valence-electron chi connectivity index (χ0n) is 10.4. The molecule has 0 spiro atoms. The zero-order chi connectivity index (χ0) is 13.8. The van der Waals surface area contributed by atoms with Gasteiger partial charge < -0.3 is 20.5 Å². The van der Waals surface area contributed by atoms with Gasteiger partial charge in [0, 0.05) is 12.2 Å². The Balaban J connectivity index is 2.20. The number of nitrogen functional groups attached to an aromatic ring is 1. The van der Waals surface area contributed by atoms with Gasteiger partial charge in [0.1, 0.15) is 0 Å². The predicted octanol–water partition coefficient (Wildman–Crippen LogP) is 0.584. The third kappa shape index (κ3) is 3.03. The number of carboxylic acid groups (broad SMARTS) is 1. The first-order valence-corrected chi connectivity index (χ1v) is 6.04. The van der Waals surface area contributed by atoms with Gasteiger partial charge in [-0.2, -0.15) is 0 Å². The van der Waals surface area contributed by atoms with Gasteiger partial charge in [-0.15, -0.1) is 0 Å². The Bertz CT molecular complexity index is 489. The van der Waals surface area contributed by atoms with Crippen LogP contribution in [0.25, 0.3) is 0 Å². The molecule has 1 atom stereocenters. The summed E-state index contributed by atoms with van der Waals surface area (Å²) in [6, 6.07) is 6.33. The fourth-order valence-corrected chi connectivity index (χ4v) is 2.14. The number of carbonyl (C=O) groups excluding carboxylic acids is 1. The molecule has 1 fully saturated rings. The number of aliphatic carboxylic acids is 1. The molecule has 1 aliphatic heterocycles. The third-order valence-corrected chi connectivity index (χ3v) is 3.09. The molecule has 0 radical (unpaired) electrons. The Morgan fingerprint density at radius 2 is 2.16 bits per heavy atom. The molecule has 1 unspecified atom stereocenters. The van der Waals surface area contributed by atoms with E-state index in [9.17, 15) is 9.59 Å². The molecule has 19 heavy (non-hydrogen) atoms. The van der Waals surface area contributed by atoms with Gasteiger partial charge in [0.15, 0.2) is 0 Å². The van der Waals surface area contributed by atoms with Crippen molar-refractivity contribution in [1.29, 1.82) is 0 Å². The van der Waals surface area contributed by atoms with E-state index in [2.05, 4.69) is 0 Å². The number of para-hydroxylation sites is 1. The summed E-state index contributed by atoms with van der Waals surface area (Å²) in [6.07, 6.45) is -0.127. The van der Waals surface area contributed by atoms with Crippen molar-refractivity contribution >= 4 is 17.6 Å². The highest BCUT2D eigenvalue weighted by Crippen LogP contribution is 2.18. The molecule has 0 bridgehead atoms. The summed E-state index contributed by atoms with van der Waals surface area (Å²) >= 11 is 0.